The van der Waals surface area contributed by atoms with Gasteiger partial charge in [0.15, 0.2) is 0 Å². The van der Waals surface area contributed by atoms with E-state index >= 15 is 0 Å². The van der Waals surface area contributed by atoms with Crippen LogP contribution < -0.4 is 5.73 Å². The van der Waals surface area contributed by atoms with E-state index in [0.717, 1.165) is 77.9 Å². The molecule has 0 saturated heterocycles. The number of ether oxygens (including phenoxy) is 3. The van der Waals surface area contributed by atoms with Crippen LogP contribution in [0, 0.1) is 0 Å². The minimum Gasteiger partial charge on any atom is -0.460 e. The van der Waals surface area contributed by atoms with Crippen molar-refractivity contribution in [3.8, 4) is 0 Å². The Balaban J connectivity index is 3.13. The lowest BCUT2D eigenvalue weighted by Crippen LogP contribution is -2.23. The zero-order valence-electron chi connectivity index (χ0n) is 16.8. The van der Waals surface area contributed by atoms with Gasteiger partial charge in [0, 0.05) is 32.8 Å². The quantitative estimate of drug-likeness (QED) is 0.311. The summed E-state index contributed by atoms with van der Waals surface area (Å²) in [5.74, 6) is -0.119. The maximum Gasteiger partial charge on any atom is 0.306 e. The standard InChI is InChI=1S/C20H41NO4/c1-20(2,3)25-19(22)13-7-12-18-24-17-11-6-10-16-23-15-9-5-4-8-14-21/h4-18,21H2,1-3H3. The molecule has 0 fully saturated rings. The second-order valence-electron chi connectivity index (χ2n) is 7.53. The number of hydrogen-bond donors (Lipinski definition) is 1. The van der Waals surface area contributed by atoms with Crippen molar-refractivity contribution in [1.29, 1.82) is 0 Å². The van der Waals surface area contributed by atoms with E-state index in [9.17, 15) is 4.79 Å². The van der Waals surface area contributed by atoms with Crippen molar-refractivity contribution in [1.82, 2.24) is 0 Å². The largest absolute Gasteiger partial charge is 0.460 e. The first-order valence-electron chi connectivity index (χ1n) is 10.0. The van der Waals surface area contributed by atoms with E-state index in [1.54, 1.807) is 0 Å². The molecule has 25 heavy (non-hydrogen) atoms. The Morgan fingerprint density at radius 2 is 1.16 bits per heavy atom. The highest BCUT2D eigenvalue weighted by Crippen LogP contribution is 2.10. The van der Waals surface area contributed by atoms with Gasteiger partial charge in [-0.25, -0.2) is 0 Å². The molecular formula is C20H41NO4. The van der Waals surface area contributed by atoms with Crippen LogP contribution >= 0.6 is 0 Å². The molecule has 0 aliphatic rings. The lowest BCUT2D eigenvalue weighted by Gasteiger charge is -2.19. The van der Waals surface area contributed by atoms with Crippen LogP contribution in [0.25, 0.3) is 0 Å². The summed E-state index contributed by atoms with van der Waals surface area (Å²) in [6, 6.07) is 0. The predicted molar refractivity (Wildman–Crippen MR) is 103 cm³/mol. The van der Waals surface area contributed by atoms with E-state index in [2.05, 4.69) is 0 Å². The number of nitrogens with two attached hydrogens (primary N) is 1. The minimum atomic E-state index is -0.387. The van der Waals surface area contributed by atoms with Gasteiger partial charge in [0.2, 0.25) is 0 Å². The molecule has 0 radical (unpaired) electrons. The van der Waals surface area contributed by atoms with Gasteiger partial charge in [0.1, 0.15) is 5.60 Å². The molecular weight excluding hydrogens is 318 g/mol. The highest BCUT2D eigenvalue weighted by Gasteiger charge is 2.15. The number of carbonyl (C=O) groups is 1. The van der Waals surface area contributed by atoms with Crippen molar-refractivity contribution >= 4 is 5.97 Å². The number of unbranched alkanes of at least 4 members (excludes halogenated alkanes) is 6. The molecule has 0 rings (SSSR count). The van der Waals surface area contributed by atoms with Gasteiger partial charge >= 0.3 is 5.97 Å². The summed E-state index contributed by atoms with van der Waals surface area (Å²) in [5.41, 5.74) is 5.07. The molecule has 5 nitrogen and oxygen atoms in total. The van der Waals surface area contributed by atoms with Crippen molar-refractivity contribution in [2.45, 2.75) is 90.6 Å². The first kappa shape index (κ1) is 24.4. The third-order valence-corrected chi connectivity index (χ3v) is 3.66. The Morgan fingerprint density at radius 1 is 0.720 bits per heavy atom. The summed E-state index contributed by atoms with van der Waals surface area (Å²) in [5, 5.41) is 0. The van der Waals surface area contributed by atoms with Gasteiger partial charge in [-0.05, 0) is 72.3 Å². The van der Waals surface area contributed by atoms with Crippen LogP contribution in [0.2, 0.25) is 0 Å². The summed E-state index contributed by atoms with van der Waals surface area (Å²) in [7, 11) is 0. The Bertz CT molecular complexity index is 303. The van der Waals surface area contributed by atoms with Gasteiger partial charge in [0.05, 0.1) is 0 Å². The molecule has 0 atom stereocenters. The second-order valence-corrected chi connectivity index (χ2v) is 7.53. The van der Waals surface area contributed by atoms with Crippen LogP contribution in [0.5, 0.6) is 0 Å². The lowest BCUT2D eigenvalue weighted by molar-refractivity contribution is -0.154. The fourth-order valence-electron chi connectivity index (χ4n) is 2.36. The maximum atomic E-state index is 11.5. The van der Waals surface area contributed by atoms with Crippen LogP contribution in [0.4, 0.5) is 0 Å². The van der Waals surface area contributed by atoms with E-state index in [1.165, 1.54) is 12.8 Å². The lowest BCUT2D eigenvalue weighted by atomic mass is 10.2. The number of rotatable bonds is 17. The molecule has 0 aliphatic heterocycles. The van der Waals surface area contributed by atoms with Gasteiger partial charge in [-0.2, -0.15) is 0 Å². The summed E-state index contributed by atoms with van der Waals surface area (Å²) in [6.07, 6.45) is 10.2. The van der Waals surface area contributed by atoms with E-state index in [4.69, 9.17) is 19.9 Å². The summed E-state index contributed by atoms with van der Waals surface area (Å²) in [6.45, 7) is 9.72. The third kappa shape index (κ3) is 21.3. The topological polar surface area (TPSA) is 70.8 Å². The number of esters is 1. The van der Waals surface area contributed by atoms with E-state index in [-0.39, 0.29) is 11.6 Å². The molecule has 2 N–H and O–H groups in total. The Morgan fingerprint density at radius 3 is 1.64 bits per heavy atom. The molecule has 0 bridgehead atoms. The van der Waals surface area contributed by atoms with Gasteiger partial charge in [-0.15, -0.1) is 0 Å². The van der Waals surface area contributed by atoms with Gasteiger partial charge in [0.25, 0.3) is 0 Å². The Kier molecular flexibility index (Phi) is 16.4. The van der Waals surface area contributed by atoms with Crippen LogP contribution in [-0.2, 0) is 19.0 Å². The van der Waals surface area contributed by atoms with Crippen LogP contribution in [0.3, 0.4) is 0 Å². The van der Waals surface area contributed by atoms with Crippen LogP contribution in [0.15, 0.2) is 0 Å². The van der Waals surface area contributed by atoms with Gasteiger partial charge in [-0.1, -0.05) is 12.8 Å². The molecule has 0 spiro atoms. The van der Waals surface area contributed by atoms with Crippen LogP contribution in [0.1, 0.15) is 85.0 Å². The fraction of sp³-hybridized carbons (Fsp3) is 0.950. The fourth-order valence-corrected chi connectivity index (χ4v) is 2.36. The predicted octanol–water partition coefficient (Wildman–Crippen LogP) is 4.22. The van der Waals surface area contributed by atoms with Crippen molar-refractivity contribution < 1.29 is 19.0 Å². The highest BCUT2D eigenvalue weighted by molar-refractivity contribution is 5.69. The molecule has 150 valence electrons. The molecule has 0 saturated carbocycles. The molecule has 0 aliphatic carbocycles. The van der Waals surface area contributed by atoms with Crippen molar-refractivity contribution in [3.05, 3.63) is 0 Å². The van der Waals surface area contributed by atoms with Crippen molar-refractivity contribution in [2.24, 2.45) is 5.73 Å². The molecule has 5 heteroatoms. The first-order chi connectivity index (χ1) is 12.0. The van der Waals surface area contributed by atoms with Crippen LogP contribution in [-0.4, -0.2) is 44.5 Å². The summed E-state index contributed by atoms with van der Waals surface area (Å²) in [4.78, 5) is 11.5. The normalized spacial score (nSPS) is 11.7. The SMILES string of the molecule is CC(C)(C)OC(=O)CCCCOCCCCCOCCCCCCN. The van der Waals surface area contributed by atoms with E-state index in [0.29, 0.717) is 6.42 Å². The first-order valence-corrected chi connectivity index (χ1v) is 10.0. The molecule has 0 heterocycles. The average Bonchev–Trinajstić information content (AvgIpc) is 2.53. The molecule has 0 unspecified atom stereocenters. The molecule has 0 aromatic rings. The second kappa shape index (κ2) is 16.8. The Labute approximate surface area is 155 Å². The summed E-state index contributed by atoms with van der Waals surface area (Å²) < 4.78 is 16.5. The number of carbonyl (C=O) groups excluding carboxylic acids is 1. The zero-order valence-corrected chi connectivity index (χ0v) is 16.8. The van der Waals surface area contributed by atoms with Crippen molar-refractivity contribution in [2.75, 3.05) is 33.0 Å². The smallest absolute Gasteiger partial charge is 0.306 e. The average molecular weight is 360 g/mol. The van der Waals surface area contributed by atoms with Gasteiger partial charge in [-0.3, -0.25) is 4.79 Å². The van der Waals surface area contributed by atoms with E-state index < -0.39 is 0 Å². The third-order valence-electron chi connectivity index (χ3n) is 3.66. The molecule has 0 aromatic heterocycles. The highest BCUT2D eigenvalue weighted by atomic mass is 16.6. The zero-order chi connectivity index (χ0) is 18.8. The maximum absolute atomic E-state index is 11.5. The van der Waals surface area contributed by atoms with E-state index in [1.807, 2.05) is 20.8 Å². The monoisotopic (exact) mass is 359 g/mol. The van der Waals surface area contributed by atoms with Gasteiger partial charge < -0.3 is 19.9 Å². The Hall–Kier alpha value is -0.650. The molecule has 0 amide bonds. The molecule has 0 aromatic carbocycles. The minimum absolute atomic E-state index is 0.119. The number of hydrogen-bond acceptors (Lipinski definition) is 5. The van der Waals surface area contributed by atoms with Crippen molar-refractivity contribution in [3.63, 3.8) is 0 Å². The summed E-state index contributed by atoms with van der Waals surface area (Å²) >= 11 is 0.